The first-order chi connectivity index (χ1) is 10.6. The minimum absolute atomic E-state index is 0.215. The van der Waals surface area contributed by atoms with Gasteiger partial charge in [-0.3, -0.25) is 4.72 Å². The molecule has 0 aromatic heterocycles. The number of carboxylic acid groups (broad SMARTS) is 1. The molecule has 122 valence electrons. The van der Waals surface area contributed by atoms with Crippen LogP contribution in [0.4, 0.5) is 14.5 Å². The molecule has 8 heteroatoms. The van der Waals surface area contributed by atoms with Gasteiger partial charge in [0.05, 0.1) is 16.1 Å². The third-order valence-corrected chi connectivity index (χ3v) is 4.84. The van der Waals surface area contributed by atoms with Crippen molar-refractivity contribution in [2.45, 2.75) is 18.7 Å². The highest BCUT2D eigenvalue weighted by atomic mass is 32.2. The fourth-order valence-corrected chi connectivity index (χ4v) is 3.42. The van der Waals surface area contributed by atoms with Crippen LogP contribution in [0.3, 0.4) is 0 Å². The standard InChI is InChI=1S/C15H13F2NO4S/c1-8-6-10(15(19)20)7-13(9(8)2)23(21,22)18-12-5-3-4-11(16)14(12)17/h3-7,18H,1-2H3,(H,19,20). The third kappa shape index (κ3) is 3.31. The first-order valence-corrected chi connectivity index (χ1v) is 7.93. The van der Waals surface area contributed by atoms with E-state index >= 15 is 0 Å². The van der Waals surface area contributed by atoms with Crippen LogP contribution in [0, 0.1) is 25.5 Å². The number of benzene rings is 2. The molecule has 0 atom stereocenters. The van der Waals surface area contributed by atoms with E-state index in [4.69, 9.17) is 5.11 Å². The average molecular weight is 341 g/mol. The molecule has 2 aromatic carbocycles. The quantitative estimate of drug-likeness (QED) is 0.895. The number of halogens is 2. The summed E-state index contributed by atoms with van der Waals surface area (Å²) in [6.07, 6.45) is 0. The normalized spacial score (nSPS) is 11.3. The van der Waals surface area contributed by atoms with E-state index in [1.807, 2.05) is 4.72 Å². The van der Waals surface area contributed by atoms with Crippen LogP contribution in [-0.2, 0) is 10.0 Å². The van der Waals surface area contributed by atoms with E-state index in [-0.39, 0.29) is 10.5 Å². The summed E-state index contributed by atoms with van der Waals surface area (Å²) in [5.41, 5.74) is 0.000251. The highest BCUT2D eigenvalue weighted by Crippen LogP contribution is 2.25. The summed E-state index contributed by atoms with van der Waals surface area (Å²) in [5, 5.41) is 9.04. The van der Waals surface area contributed by atoms with Crippen LogP contribution in [0.15, 0.2) is 35.2 Å². The van der Waals surface area contributed by atoms with Gasteiger partial charge in [-0.05, 0) is 49.2 Å². The summed E-state index contributed by atoms with van der Waals surface area (Å²) >= 11 is 0. The number of anilines is 1. The summed E-state index contributed by atoms with van der Waals surface area (Å²) in [7, 11) is -4.28. The van der Waals surface area contributed by atoms with E-state index in [2.05, 4.69) is 0 Å². The molecule has 0 fully saturated rings. The fraction of sp³-hybridized carbons (Fsp3) is 0.133. The zero-order valence-corrected chi connectivity index (χ0v) is 13.0. The summed E-state index contributed by atoms with van der Waals surface area (Å²) in [5.74, 6) is -3.82. The Morgan fingerprint density at radius 1 is 1.17 bits per heavy atom. The molecular weight excluding hydrogens is 328 g/mol. The lowest BCUT2D eigenvalue weighted by atomic mass is 10.1. The second-order valence-electron chi connectivity index (χ2n) is 4.93. The average Bonchev–Trinajstić information content (AvgIpc) is 2.46. The molecular formula is C15H13F2NO4S. The monoisotopic (exact) mass is 341 g/mol. The molecule has 0 aliphatic heterocycles. The van der Waals surface area contributed by atoms with Gasteiger partial charge in [0.2, 0.25) is 0 Å². The van der Waals surface area contributed by atoms with Gasteiger partial charge >= 0.3 is 5.97 Å². The van der Waals surface area contributed by atoms with E-state index in [0.717, 1.165) is 24.3 Å². The predicted molar refractivity (Wildman–Crippen MR) is 80.0 cm³/mol. The molecule has 2 N–H and O–H groups in total. The van der Waals surface area contributed by atoms with Gasteiger partial charge in [0.25, 0.3) is 10.0 Å². The maximum atomic E-state index is 13.6. The Labute approximate surface area is 131 Å². The van der Waals surface area contributed by atoms with Crippen LogP contribution >= 0.6 is 0 Å². The van der Waals surface area contributed by atoms with E-state index in [1.54, 1.807) is 6.92 Å². The van der Waals surface area contributed by atoms with Gasteiger partial charge in [-0.25, -0.2) is 22.0 Å². The first-order valence-electron chi connectivity index (χ1n) is 6.45. The molecule has 23 heavy (non-hydrogen) atoms. The fourth-order valence-electron chi connectivity index (χ4n) is 2.01. The van der Waals surface area contributed by atoms with E-state index < -0.39 is 33.3 Å². The molecule has 0 saturated carbocycles. The molecule has 2 rings (SSSR count). The van der Waals surface area contributed by atoms with Gasteiger partial charge in [-0.2, -0.15) is 0 Å². The van der Waals surface area contributed by atoms with Crippen molar-refractivity contribution in [2.75, 3.05) is 4.72 Å². The maximum Gasteiger partial charge on any atom is 0.335 e. The van der Waals surface area contributed by atoms with Crippen molar-refractivity contribution >= 4 is 21.7 Å². The molecule has 0 aliphatic carbocycles. The van der Waals surface area contributed by atoms with Crippen molar-refractivity contribution in [1.29, 1.82) is 0 Å². The lowest BCUT2D eigenvalue weighted by Crippen LogP contribution is -2.17. The van der Waals surface area contributed by atoms with Gasteiger partial charge < -0.3 is 5.11 Å². The van der Waals surface area contributed by atoms with Crippen LogP contribution in [0.5, 0.6) is 0 Å². The summed E-state index contributed by atoms with van der Waals surface area (Å²) in [4.78, 5) is 10.8. The Morgan fingerprint density at radius 2 is 1.83 bits per heavy atom. The highest BCUT2D eigenvalue weighted by Gasteiger charge is 2.22. The SMILES string of the molecule is Cc1cc(C(=O)O)cc(S(=O)(=O)Nc2cccc(F)c2F)c1C. The van der Waals surface area contributed by atoms with Crippen LogP contribution in [0.25, 0.3) is 0 Å². The number of carboxylic acids is 1. The number of carbonyl (C=O) groups is 1. The number of hydrogen-bond acceptors (Lipinski definition) is 3. The molecule has 2 aromatic rings. The Hall–Kier alpha value is -2.48. The van der Waals surface area contributed by atoms with Crippen LogP contribution in [0.1, 0.15) is 21.5 Å². The highest BCUT2D eigenvalue weighted by molar-refractivity contribution is 7.92. The topological polar surface area (TPSA) is 83.5 Å². The number of hydrogen-bond donors (Lipinski definition) is 2. The van der Waals surface area contributed by atoms with Gasteiger partial charge in [0, 0.05) is 0 Å². The van der Waals surface area contributed by atoms with Crippen LogP contribution in [-0.4, -0.2) is 19.5 Å². The van der Waals surface area contributed by atoms with E-state index in [0.29, 0.717) is 11.1 Å². The Kier molecular flexibility index (Phi) is 4.37. The lowest BCUT2D eigenvalue weighted by Gasteiger charge is -2.13. The summed E-state index contributed by atoms with van der Waals surface area (Å²) < 4.78 is 53.6. The number of aromatic carboxylic acids is 1. The Morgan fingerprint density at radius 3 is 2.43 bits per heavy atom. The van der Waals surface area contributed by atoms with Gasteiger partial charge in [0.1, 0.15) is 0 Å². The Bertz CT molecular complexity index is 895. The summed E-state index contributed by atoms with van der Waals surface area (Å²) in [6, 6.07) is 5.39. The van der Waals surface area contributed by atoms with Crippen LogP contribution in [0.2, 0.25) is 0 Å². The molecule has 0 amide bonds. The molecule has 0 saturated heterocycles. The number of sulfonamides is 1. The number of aryl methyl sites for hydroxylation is 1. The van der Waals surface area contributed by atoms with Crippen molar-refractivity contribution in [3.63, 3.8) is 0 Å². The molecule has 0 radical (unpaired) electrons. The smallest absolute Gasteiger partial charge is 0.335 e. The van der Waals surface area contributed by atoms with E-state index in [9.17, 15) is 22.0 Å². The predicted octanol–water partition coefficient (Wildman–Crippen LogP) is 3.08. The van der Waals surface area contributed by atoms with Crippen molar-refractivity contribution in [3.05, 3.63) is 58.7 Å². The lowest BCUT2D eigenvalue weighted by molar-refractivity contribution is 0.0696. The first kappa shape index (κ1) is 16.9. The third-order valence-electron chi connectivity index (χ3n) is 3.35. The second-order valence-corrected chi connectivity index (χ2v) is 6.58. The molecule has 0 aliphatic rings. The van der Waals surface area contributed by atoms with Crippen molar-refractivity contribution in [2.24, 2.45) is 0 Å². The van der Waals surface area contributed by atoms with Crippen LogP contribution < -0.4 is 4.72 Å². The number of nitrogens with one attached hydrogen (secondary N) is 1. The van der Waals surface area contributed by atoms with E-state index in [1.165, 1.54) is 13.0 Å². The summed E-state index contributed by atoms with van der Waals surface area (Å²) in [6.45, 7) is 3.06. The zero-order valence-electron chi connectivity index (χ0n) is 12.2. The maximum absolute atomic E-state index is 13.6. The second kappa shape index (κ2) is 5.96. The molecule has 0 heterocycles. The molecule has 5 nitrogen and oxygen atoms in total. The van der Waals surface area contributed by atoms with Crippen molar-refractivity contribution in [3.8, 4) is 0 Å². The Balaban J connectivity index is 2.56. The van der Waals surface area contributed by atoms with Crippen molar-refractivity contribution in [1.82, 2.24) is 0 Å². The molecule has 0 bridgehead atoms. The minimum Gasteiger partial charge on any atom is -0.478 e. The number of rotatable bonds is 4. The zero-order chi connectivity index (χ0) is 17.4. The van der Waals surface area contributed by atoms with Crippen molar-refractivity contribution < 1.29 is 27.1 Å². The minimum atomic E-state index is -4.28. The van der Waals surface area contributed by atoms with Gasteiger partial charge in [-0.1, -0.05) is 6.07 Å². The molecule has 0 spiro atoms. The van der Waals surface area contributed by atoms with Gasteiger partial charge in [0.15, 0.2) is 11.6 Å². The molecule has 0 unspecified atom stereocenters. The largest absolute Gasteiger partial charge is 0.478 e. The van der Waals surface area contributed by atoms with Gasteiger partial charge in [-0.15, -0.1) is 0 Å².